The lowest BCUT2D eigenvalue weighted by Gasteiger charge is -2.15. The first-order valence-electron chi connectivity index (χ1n) is 3.81. The normalized spacial score (nSPS) is 12.6. The minimum Gasteiger partial charge on any atom is -0.348 e. The smallest absolute Gasteiger partial charge is 0.189 e. The first kappa shape index (κ1) is 11.1. The van der Waals surface area contributed by atoms with Crippen molar-refractivity contribution in [1.82, 2.24) is 0 Å². The van der Waals surface area contributed by atoms with E-state index in [9.17, 15) is 0 Å². The fraction of sp³-hybridized carbons (Fsp3) is 0.750. The topological polar surface area (TPSA) is 18.5 Å². The third-order valence-corrected chi connectivity index (χ3v) is 1.97. The highest BCUT2D eigenvalue weighted by Crippen LogP contribution is 2.14. The molecule has 0 aromatic rings. The van der Waals surface area contributed by atoms with Crippen molar-refractivity contribution in [1.29, 1.82) is 0 Å². The van der Waals surface area contributed by atoms with Crippen LogP contribution in [0.5, 0.6) is 0 Å². The lowest BCUT2D eigenvalue weighted by atomic mass is 10.5. The Morgan fingerprint density at radius 1 is 1.36 bits per heavy atom. The molecule has 0 heterocycles. The van der Waals surface area contributed by atoms with Crippen molar-refractivity contribution in [2.75, 3.05) is 13.2 Å². The maximum Gasteiger partial charge on any atom is 0.189 e. The summed E-state index contributed by atoms with van der Waals surface area (Å²) >= 11 is 3.36. The van der Waals surface area contributed by atoms with Crippen LogP contribution in [0.1, 0.15) is 20.8 Å². The van der Waals surface area contributed by atoms with Gasteiger partial charge in [-0.05, 0) is 20.8 Å². The summed E-state index contributed by atoms with van der Waals surface area (Å²) in [5, 5.41) is 0. The summed E-state index contributed by atoms with van der Waals surface area (Å²) in [5.41, 5.74) is 0. The van der Waals surface area contributed by atoms with Crippen molar-refractivity contribution in [2.45, 2.75) is 27.1 Å². The van der Waals surface area contributed by atoms with E-state index < -0.39 is 0 Å². The molecule has 0 N–H and O–H groups in total. The van der Waals surface area contributed by atoms with Gasteiger partial charge in [-0.3, -0.25) is 0 Å². The van der Waals surface area contributed by atoms with Crippen molar-refractivity contribution in [3.05, 3.63) is 10.6 Å². The third-order valence-electron chi connectivity index (χ3n) is 1.14. The van der Waals surface area contributed by atoms with E-state index >= 15 is 0 Å². The van der Waals surface area contributed by atoms with Gasteiger partial charge < -0.3 is 9.47 Å². The fourth-order valence-electron chi connectivity index (χ4n) is 0.646. The van der Waals surface area contributed by atoms with Gasteiger partial charge in [-0.2, -0.15) is 0 Å². The summed E-state index contributed by atoms with van der Waals surface area (Å²) in [6, 6.07) is 0. The number of hydrogen-bond donors (Lipinski definition) is 0. The van der Waals surface area contributed by atoms with Gasteiger partial charge in [-0.25, -0.2) is 0 Å². The molecule has 0 aliphatic heterocycles. The molecule has 0 aliphatic carbocycles. The zero-order chi connectivity index (χ0) is 8.69. The van der Waals surface area contributed by atoms with Crippen LogP contribution in [-0.2, 0) is 9.47 Å². The second-order valence-corrected chi connectivity index (χ2v) is 2.83. The third kappa shape index (κ3) is 4.56. The Morgan fingerprint density at radius 3 is 2.09 bits per heavy atom. The van der Waals surface area contributed by atoms with Crippen LogP contribution in [0.4, 0.5) is 0 Å². The van der Waals surface area contributed by atoms with Crippen molar-refractivity contribution in [2.24, 2.45) is 0 Å². The second-order valence-electron chi connectivity index (χ2n) is 1.92. The molecule has 0 aromatic carbocycles. The molecule has 11 heavy (non-hydrogen) atoms. The minimum absolute atomic E-state index is 0.227. The highest BCUT2D eigenvalue weighted by atomic mass is 79.9. The maximum absolute atomic E-state index is 5.30. The summed E-state index contributed by atoms with van der Waals surface area (Å²) in [4.78, 5) is 0. The van der Waals surface area contributed by atoms with Crippen molar-refractivity contribution >= 4 is 15.9 Å². The molecule has 0 saturated carbocycles. The van der Waals surface area contributed by atoms with Crippen LogP contribution in [0.25, 0.3) is 0 Å². The maximum atomic E-state index is 5.30. The van der Waals surface area contributed by atoms with Crippen LogP contribution in [0.2, 0.25) is 0 Å². The van der Waals surface area contributed by atoms with Gasteiger partial charge in [0.25, 0.3) is 0 Å². The standard InChI is InChI=1S/C8H15BrO2/c1-4-7(9)8(10-5-2)11-6-3/h4,8H,5-6H2,1-3H3. The molecule has 0 bridgehead atoms. The van der Waals surface area contributed by atoms with Crippen LogP contribution in [0.3, 0.4) is 0 Å². The van der Waals surface area contributed by atoms with E-state index in [0.717, 1.165) is 4.48 Å². The lowest BCUT2D eigenvalue weighted by molar-refractivity contribution is -0.105. The SMILES string of the molecule is CC=C(Br)C(OCC)OCC. The van der Waals surface area contributed by atoms with Crippen molar-refractivity contribution in [3.63, 3.8) is 0 Å². The molecule has 0 aliphatic rings. The minimum atomic E-state index is -0.227. The molecular weight excluding hydrogens is 208 g/mol. The van der Waals surface area contributed by atoms with E-state index in [1.54, 1.807) is 0 Å². The van der Waals surface area contributed by atoms with Crippen LogP contribution in [-0.4, -0.2) is 19.5 Å². The molecular formula is C8H15BrO2. The predicted molar refractivity (Wildman–Crippen MR) is 49.7 cm³/mol. The molecule has 0 spiro atoms. The molecule has 0 amide bonds. The first-order chi connectivity index (χ1) is 5.26. The van der Waals surface area contributed by atoms with Gasteiger partial charge in [0.05, 0.1) is 0 Å². The summed E-state index contributed by atoms with van der Waals surface area (Å²) < 4.78 is 11.5. The average molecular weight is 223 g/mol. The summed E-state index contributed by atoms with van der Waals surface area (Å²) in [5.74, 6) is 0. The van der Waals surface area contributed by atoms with Crippen LogP contribution < -0.4 is 0 Å². The summed E-state index contributed by atoms with van der Waals surface area (Å²) in [7, 11) is 0. The number of ether oxygens (including phenoxy) is 2. The fourth-order valence-corrected chi connectivity index (χ4v) is 0.910. The van der Waals surface area contributed by atoms with Gasteiger partial charge in [-0.15, -0.1) is 0 Å². The zero-order valence-corrected chi connectivity index (χ0v) is 8.85. The van der Waals surface area contributed by atoms with Crippen LogP contribution >= 0.6 is 15.9 Å². The van der Waals surface area contributed by atoms with Crippen molar-refractivity contribution in [3.8, 4) is 0 Å². The van der Waals surface area contributed by atoms with Crippen LogP contribution in [0.15, 0.2) is 10.6 Å². The molecule has 0 aromatic heterocycles. The van der Waals surface area contributed by atoms with E-state index in [0.29, 0.717) is 13.2 Å². The Balaban J connectivity index is 3.87. The molecule has 3 heteroatoms. The van der Waals surface area contributed by atoms with Gasteiger partial charge in [0.2, 0.25) is 0 Å². The molecule has 0 unspecified atom stereocenters. The van der Waals surface area contributed by atoms with Gasteiger partial charge in [0, 0.05) is 17.7 Å². The second kappa shape index (κ2) is 6.83. The quantitative estimate of drug-likeness (QED) is 0.667. The highest BCUT2D eigenvalue weighted by molar-refractivity contribution is 9.11. The highest BCUT2D eigenvalue weighted by Gasteiger charge is 2.09. The van der Waals surface area contributed by atoms with Crippen molar-refractivity contribution < 1.29 is 9.47 Å². The van der Waals surface area contributed by atoms with Gasteiger partial charge in [0.15, 0.2) is 6.29 Å². The number of hydrogen-bond acceptors (Lipinski definition) is 2. The van der Waals surface area contributed by atoms with E-state index in [4.69, 9.17) is 9.47 Å². The largest absolute Gasteiger partial charge is 0.348 e. The Bertz CT molecular complexity index is 117. The molecule has 2 nitrogen and oxygen atoms in total. The van der Waals surface area contributed by atoms with E-state index in [-0.39, 0.29) is 6.29 Å². The predicted octanol–water partition coefficient (Wildman–Crippen LogP) is 2.68. The Morgan fingerprint density at radius 2 is 1.82 bits per heavy atom. The van der Waals surface area contributed by atoms with Gasteiger partial charge >= 0.3 is 0 Å². The molecule has 0 atom stereocenters. The van der Waals surface area contributed by atoms with E-state index in [1.165, 1.54) is 0 Å². The van der Waals surface area contributed by atoms with Gasteiger partial charge in [-0.1, -0.05) is 22.0 Å². The summed E-state index contributed by atoms with van der Waals surface area (Å²) in [6.07, 6.45) is 1.70. The monoisotopic (exact) mass is 222 g/mol. The average Bonchev–Trinajstić information content (AvgIpc) is 2.03. The molecule has 0 radical (unpaired) electrons. The van der Waals surface area contributed by atoms with Crippen LogP contribution in [0, 0.1) is 0 Å². The summed E-state index contributed by atoms with van der Waals surface area (Å²) in [6.45, 7) is 7.15. The van der Waals surface area contributed by atoms with E-state index in [2.05, 4.69) is 15.9 Å². The molecule has 0 fully saturated rings. The first-order valence-corrected chi connectivity index (χ1v) is 4.60. The molecule has 0 rings (SSSR count). The Kier molecular flexibility index (Phi) is 6.91. The number of allylic oxidation sites excluding steroid dienone is 1. The van der Waals surface area contributed by atoms with E-state index in [1.807, 2.05) is 26.8 Å². The molecule has 66 valence electrons. The molecule has 0 saturated heterocycles. The Hall–Kier alpha value is 0.140. The number of halogens is 1. The Labute approximate surface area is 76.7 Å². The van der Waals surface area contributed by atoms with Gasteiger partial charge in [0.1, 0.15) is 0 Å². The zero-order valence-electron chi connectivity index (χ0n) is 7.26. The number of rotatable bonds is 5. The lowest BCUT2D eigenvalue weighted by Crippen LogP contribution is -2.17.